The standard InChI is InChI=1S/C20H23ClN2O4/c1-2-11-27-20(26)13-7-6-8-14(12-13)22-17-16(21)18(24)23(19(17)25)15-9-4-3-5-10-15/h6-8,12,15,22H,2-5,9-11H2,1H3. The van der Waals surface area contributed by atoms with Crippen molar-refractivity contribution in [3.63, 3.8) is 0 Å². The monoisotopic (exact) mass is 390 g/mol. The van der Waals surface area contributed by atoms with Crippen LogP contribution >= 0.6 is 11.6 Å². The molecule has 1 fully saturated rings. The molecule has 0 aromatic heterocycles. The van der Waals surface area contributed by atoms with Crippen LogP contribution in [0.25, 0.3) is 0 Å². The summed E-state index contributed by atoms with van der Waals surface area (Å²) >= 11 is 6.17. The van der Waals surface area contributed by atoms with Gasteiger partial charge in [-0.3, -0.25) is 14.5 Å². The molecule has 1 aliphatic carbocycles. The van der Waals surface area contributed by atoms with Crippen LogP contribution in [0.15, 0.2) is 35.0 Å². The number of hydrogen-bond donors (Lipinski definition) is 1. The Kier molecular flexibility index (Phi) is 6.16. The maximum Gasteiger partial charge on any atom is 0.338 e. The molecular formula is C20H23ClN2O4. The predicted octanol–water partition coefficient (Wildman–Crippen LogP) is 3.82. The molecule has 1 heterocycles. The molecule has 27 heavy (non-hydrogen) atoms. The van der Waals surface area contributed by atoms with E-state index < -0.39 is 17.8 Å². The highest BCUT2D eigenvalue weighted by molar-refractivity contribution is 6.48. The first-order chi connectivity index (χ1) is 13.0. The smallest absolute Gasteiger partial charge is 0.338 e. The van der Waals surface area contributed by atoms with Crippen molar-refractivity contribution >= 4 is 35.1 Å². The Bertz CT molecular complexity index is 784. The number of imide groups is 1. The van der Waals surface area contributed by atoms with Crippen LogP contribution in [0.5, 0.6) is 0 Å². The summed E-state index contributed by atoms with van der Waals surface area (Å²) in [5.74, 6) is -1.29. The highest BCUT2D eigenvalue weighted by Gasteiger charge is 2.42. The van der Waals surface area contributed by atoms with Crippen molar-refractivity contribution in [3.05, 3.63) is 40.6 Å². The van der Waals surface area contributed by atoms with Crippen molar-refractivity contribution in [2.24, 2.45) is 0 Å². The van der Waals surface area contributed by atoms with Gasteiger partial charge in [0.15, 0.2) is 0 Å². The molecule has 0 atom stereocenters. The molecule has 0 radical (unpaired) electrons. The molecule has 0 spiro atoms. The Hall–Kier alpha value is -2.34. The minimum atomic E-state index is -0.449. The largest absolute Gasteiger partial charge is 0.462 e. The summed E-state index contributed by atoms with van der Waals surface area (Å²) in [5, 5.41) is 2.81. The second-order valence-corrected chi connectivity index (χ2v) is 7.18. The molecule has 1 aromatic rings. The predicted molar refractivity (Wildman–Crippen MR) is 102 cm³/mol. The van der Waals surface area contributed by atoms with E-state index in [1.807, 2.05) is 6.92 Å². The number of halogens is 1. The third-order valence-corrected chi connectivity index (χ3v) is 5.15. The number of anilines is 1. The van der Waals surface area contributed by atoms with Crippen LogP contribution in [0.2, 0.25) is 0 Å². The zero-order valence-corrected chi connectivity index (χ0v) is 16.1. The number of carbonyl (C=O) groups excluding carboxylic acids is 3. The summed E-state index contributed by atoms with van der Waals surface area (Å²) in [7, 11) is 0. The SMILES string of the molecule is CCCOC(=O)c1cccc(NC2=C(Cl)C(=O)N(C3CCCCC3)C2=O)c1. The number of ether oxygens (including phenoxy) is 1. The molecule has 1 N–H and O–H groups in total. The van der Waals surface area contributed by atoms with E-state index in [1.54, 1.807) is 24.3 Å². The summed E-state index contributed by atoms with van der Waals surface area (Å²) in [6.45, 7) is 2.26. The van der Waals surface area contributed by atoms with Crippen molar-refractivity contribution in [1.82, 2.24) is 4.90 Å². The first-order valence-corrected chi connectivity index (χ1v) is 9.72. The number of esters is 1. The fourth-order valence-electron chi connectivity index (χ4n) is 3.44. The highest BCUT2D eigenvalue weighted by Crippen LogP contribution is 2.32. The van der Waals surface area contributed by atoms with Gasteiger partial charge in [-0.15, -0.1) is 0 Å². The van der Waals surface area contributed by atoms with Crippen LogP contribution in [-0.2, 0) is 14.3 Å². The van der Waals surface area contributed by atoms with Gasteiger partial charge in [-0.1, -0.05) is 43.9 Å². The summed E-state index contributed by atoms with van der Waals surface area (Å²) in [5.41, 5.74) is 0.929. The average Bonchev–Trinajstić information content (AvgIpc) is 2.90. The Morgan fingerprint density at radius 2 is 1.96 bits per heavy atom. The molecule has 0 unspecified atom stereocenters. The van der Waals surface area contributed by atoms with Crippen molar-refractivity contribution in [1.29, 1.82) is 0 Å². The Balaban J connectivity index is 1.76. The van der Waals surface area contributed by atoms with Crippen molar-refractivity contribution < 1.29 is 19.1 Å². The van der Waals surface area contributed by atoms with Crippen molar-refractivity contribution in [2.45, 2.75) is 51.5 Å². The molecule has 2 aliphatic rings. The quantitative estimate of drug-likeness (QED) is 0.590. The number of rotatable bonds is 6. The van der Waals surface area contributed by atoms with Crippen LogP contribution in [0.1, 0.15) is 55.8 Å². The fourth-order valence-corrected chi connectivity index (χ4v) is 3.66. The molecule has 0 saturated heterocycles. The highest BCUT2D eigenvalue weighted by atomic mass is 35.5. The van der Waals surface area contributed by atoms with Crippen LogP contribution in [-0.4, -0.2) is 35.3 Å². The fraction of sp³-hybridized carbons (Fsp3) is 0.450. The molecule has 1 aliphatic heterocycles. The molecule has 0 bridgehead atoms. The van der Waals surface area contributed by atoms with Crippen LogP contribution in [0.3, 0.4) is 0 Å². The van der Waals surface area contributed by atoms with Crippen molar-refractivity contribution in [2.75, 3.05) is 11.9 Å². The van der Waals surface area contributed by atoms with Gasteiger partial charge >= 0.3 is 5.97 Å². The summed E-state index contributed by atoms with van der Waals surface area (Å²) in [4.78, 5) is 38.6. The third kappa shape index (κ3) is 4.16. The minimum absolute atomic E-state index is 0.0614. The second kappa shape index (κ2) is 8.57. The lowest BCUT2D eigenvalue weighted by atomic mass is 9.94. The van der Waals surface area contributed by atoms with Gasteiger partial charge in [-0.2, -0.15) is 0 Å². The van der Waals surface area contributed by atoms with Crippen molar-refractivity contribution in [3.8, 4) is 0 Å². The maximum atomic E-state index is 12.8. The Morgan fingerprint density at radius 3 is 2.67 bits per heavy atom. The van der Waals surface area contributed by atoms with E-state index in [1.165, 1.54) is 4.90 Å². The first-order valence-electron chi connectivity index (χ1n) is 9.34. The lowest BCUT2D eigenvalue weighted by Crippen LogP contribution is -2.42. The van der Waals surface area contributed by atoms with E-state index >= 15 is 0 Å². The molecular weight excluding hydrogens is 368 g/mol. The Morgan fingerprint density at radius 1 is 1.22 bits per heavy atom. The summed E-state index contributed by atoms with van der Waals surface area (Å²) in [6.07, 6.45) is 5.50. The van der Waals surface area contributed by atoms with E-state index in [-0.39, 0.29) is 16.8 Å². The summed E-state index contributed by atoms with van der Waals surface area (Å²) in [6, 6.07) is 6.50. The molecule has 1 aromatic carbocycles. The Labute approximate surface area is 163 Å². The number of benzene rings is 1. The zero-order chi connectivity index (χ0) is 19.4. The van der Waals surface area contributed by atoms with E-state index in [9.17, 15) is 14.4 Å². The summed E-state index contributed by atoms with van der Waals surface area (Å²) < 4.78 is 5.12. The van der Waals surface area contributed by atoms with E-state index in [2.05, 4.69) is 5.32 Å². The van der Waals surface area contributed by atoms with Gasteiger partial charge in [0, 0.05) is 11.7 Å². The molecule has 1 saturated carbocycles. The maximum absolute atomic E-state index is 12.8. The van der Waals surface area contributed by atoms with E-state index in [0.29, 0.717) is 17.9 Å². The molecule has 144 valence electrons. The van der Waals surface area contributed by atoms with Gasteiger partial charge < -0.3 is 10.1 Å². The van der Waals surface area contributed by atoms with Crippen LogP contribution < -0.4 is 5.32 Å². The number of amides is 2. The topological polar surface area (TPSA) is 75.7 Å². The normalized spacial score (nSPS) is 18.2. The number of carbonyl (C=O) groups is 3. The molecule has 3 rings (SSSR count). The van der Waals surface area contributed by atoms with Gasteiger partial charge in [-0.25, -0.2) is 4.79 Å². The number of nitrogens with zero attached hydrogens (tertiary/aromatic N) is 1. The van der Waals surface area contributed by atoms with E-state index in [0.717, 1.165) is 38.5 Å². The van der Waals surface area contributed by atoms with Gasteiger partial charge in [0.1, 0.15) is 10.7 Å². The first kappa shape index (κ1) is 19.4. The van der Waals surface area contributed by atoms with Crippen LogP contribution in [0.4, 0.5) is 5.69 Å². The second-order valence-electron chi connectivity index (χ2n) is 6.80. The van der Waals surface area contributed by atoms with Gasteiger partial charge in [-0.05, 0) is 37.5 Å². The van der Waals surface area contributed by atoms with Gasteiger partial charge in [0.2, 0.25) is 0 Å². The average molecular weight is 391 g/mol. The molecule has 2 amide bonds. The van der Waals surface area contributed by atoms with Gasteiger partial charge in [0.05, 0.1) is 12.2 Å². The lowest BCUT2D eigenvalue weighted by molar-refractivity contribution is -0.140. The lowest BCUT2D eigenvalue weighted by Gasteiger charge is -2.29. The molecule has 6 nitrogen and oxygen atoms in total. The number of hydrogen-bond acceptors (Lipinski definition) is 5. The molecule has 7 heteroatoms. The van der Waals surface area contributed by atoms with E-state index in [4.69, 9.17) is 16.3 Å². The van der Waals surface area contributed by atoms with Gasteiger partial charge in [0.25, 0.3) is 11.8 Å². The third-order valence-electron chi connectivity index (χ3n) is 4.80. The van der Waals surface area contributed by atoms with Crippen LogP contribution in [0, 0.1) is 0 Å². The zero-order valence-electron chi connectivity index (χ0n) is 15.3. The number of nitrogens with one attached hydrogen (secondary N) is 1. The minimum Gasteiger partial charge on any atom is -0.462 e.